The summed E-state index contributed by atoms with van der Waals surface area (Å²) in [6.07, 6.45) is 0.531. The van der Waals surface area contributed by atoms with E-state index in [9.17, 15) is 9.59 Å². The number of carbonyl (C=O) groups excluding carboxylic acids is 2. The minimum absolute atomic E-state index is 0.0113. The molecule has 0 aliphatic carbocycles. The minimum Gasteiger partial charge on any atom is -0.465 e. The largest absolute Gasteiger partial charge is 0.465 e. The maximum atomic E-state index is 11.1. The molecule has 0 bridgehead atoms. The molecule has 1 atom stereocenters. The molecule has 5 nitrogen and oxygen atoms in total. The quantitative estimate of drug-likeness (QED) is 0.471. The van der Waals surface area contributed by atoms with E-state index in [1.807, 2.05) is 6.92 Å². The van der Waals surface area contributed by atoms with Crippen LogP contribution in [0.1, 0.15) is 20.3 Å². The van der Waals surface area contributed by atoms with Crippen LogP contribution in [-0.4, -0.2) is 42.6 Å². The molecular formula is C10H20N2O3S. The molecule has 0 aromatic heterocycles. The molecule has 1 amide bonds. The Balaban J connectivity index is 3.51. The van der Waals surface area contributed by atoms with Gasteiger partial charge in [0.25, 0.3) is 0 Å². The third kappa shape index (κ3) is 7.53. The van der Waals surface area contributed by atoms with E-state index >= 15 is 0 Å². The average Bonchev–Trinajstić information content (AvgIpc) is 2.24. The molecular weight excluding hydrogens is 228 g/mol. The molecule has 16 heavy (non-hydrogen) atoms. The van der Waals surface area contributed by atoms with Crippen LogP contribution in [0.25, 0.3) is 0 Å². The number of carbonyl (C=O) groups is 2. The van der Waals surface area contributed by atoms with Crippen LogP contribution in [0.4, 0.5) is 0 Å². The van der Waals surface area contributed by atoms with Gasteiger partial charge in [-0.15, -0.1) is 0 Å². The second-order valence-electron chi connectivity index (χ2n) is 3.15. The molecule has 0 aliphatic heterocycles. The van der Waals surface area contributed by atoms with Gasteiger partial charge in [0.15, 0.2) is 0 Å². The van der Waals surface area contributed by atoms with Gasteiger partial charge in [0, 0.05) is 6.54 Å². The van der Waals surface area contributed by atoms with E-state index in [1.165, 1.54) is 11.8 Å². The normalized spacial score (nSPS) is 11.9. The molecule has 0 radical (unpaired) electrons. The van der Waals surface area contributed by atoms with Crippen LogP contribution in [0, 0.1) is 0 Å². The van der Waals surface area contributed by atoms with Crippen LogP contribution >= 0.6 is 11.8 Å². The fourth-order valence-corrected chi connectivity index (χ4v) is 1.84. The fraction of sp³-hybridized carbons (Fsp3) is 0.800. The molecule has 6 heteroatoms. The Morgan fingerprint density at radius 3 is 2.69 bits per heavy atom. The van der Waals surface area contributed by atoms with Gasteiger partial charge in [-0.05, 0) is 26.0 Å². The highest BCUT2D eigenvalue weighted by Gasteiger charge is 2.13. The van der Waals surface area contributed by atoms with E-state index in [0.717, 1.165) is 0 Å². The van der Waals surface area contributed by atoms with Gasteiger partial charge in [0.2, 0.25) is 5.91 Å². The molecule has 0 saturated heterocycles. The number of thioether (sulfide) groups is 1. The zero-order valence-electron chi connectivity index (χ0n) is 9.82. The molecule has 0 spiro atoms. The first-order chi connectivity index (χ1) is 7.61. The molecule has 0 aliphatic rings. The lowest BCUT2D eigenvalue weighted by Crippen LogP contribution is -2.33. The Hall–Kier alpha value is -0.750. The fourth-order valence-electron chi connectivity index (χ4n) is 0.991. The molecule has 94 valence electrons. The Morgan fingerprint density at radius 2 is 2.12 bits per heavy atom. The lowest BCUT2D eigenvalue weighted by atomic mass is 10.2. The highest BCUT2D eigenvalue weighted by atomic mass is 32.2. The number of rotatable bonds is 8. The SMILES string of the molecule is CCNC(=O)CSCCC(N)C(=O)OCC. The summed E-state index contributed by atoms with van der Waals surface area (Å²) in [4.78, 5) is 22.2. The van der Waals surface area contributed by atoms with E-state index in [1.54, 1.807) is 6.92 Å². The van der Waals surface area contributed by atoms with Crippen molar-refractivity contribution < 1.29 is 14.3 Å². The maximum Gasteiger partial charge on any atom is 0.322 e. The molecule has 0 rings (SSSR count). The van der Waals surface area contributed by atoms with Gasteiger partial charge in [0.05, 0.1) is 12.4 Å². The van der Waals surface area contributed by atoms with Crippen LogP contribution in [0.15, 0.2) is 0 Å². The van der Waals surface area contributed by atoms with E-state index in [0.29, 0.717) is 31.1 Å². The molecule has 0 heterocycles. The third-order valence-electron chi connectivity index (χ3n) is 1.77. The first kappa shape index (κ1) is 15.2. The Bertz CT molecular complexity index is 224. The molecule has 0 aromatic carbocycles. The van der Waals surface area contributed by atoms with Crippen LogP contribution < -0.4 is 11.1 Å². The summed E-state index contributed by atoms with van der Waals surface area (Å²) >= 11 is 1.47. The molecule has 0 aromatic rings. The highest BCUT2D eigenvalue weighted by Crippen LogP contribution is 2.04. The van der Waals surface area contributed by atoms with Crippen LogP contribution in [0.5, 0.6) is 0 Å². The summed E-state index contributed by atoms with van der Waals surface area (Å²) in [6.45, 7) is 4.61. The van der Waals surface area contributed by atoms with E-state index in [2.05, 4.69) is 5.32 Å². The number of nitrogens with one attached hydrogen (secondary N) is 1. The lowest BCUT2D eigenvalue weighted by molar-refractivity contribution is -0.144. The molecule has 0 fully saturated rings. The predicted octanol–water partition coefficient (Wildman–Crippen LogP) is 0.136. The number of hydrogen-bond acceptors (Lipinski definition) is 5. The Kier molecular flexibility index (Phi) is 9.03. The zero-order valence-corrected chi connectivity index (χ0v) is 10.6. The van der Waals surface area contributed by atoms with Crippen molar-refractivity contribution in [1.29, 1.82) is 0 Å². The van der Waals surface area contributed by atoms with Crippen molar-refractivity contribution in [3.8, 4) is 0 Å². The number of amides is 1. The highest BCUT2D eigenvalue weighted by molar-refractivity contribution is 7.99. The van der Waals surface area contributed by atoms with Gasteiger partial charge in [-0.1, -0.05) is 0 Å². The standard InChI is InChI=1S/C10H20N2O3S/c1-3-12-9(13)7-16-6-5-8(11)10(14)15-4-2/h8H,3-7,11H2,1-2H3,(H,12,13). The molecule has 1 unspecified atom stereocenters. The van der Waals surface area contributed by atoms with E-state index < -0.39 is 6.04 Å². The number of esters is 1. The summed E-state index contributed by atoms with van der Waals surface area (Å²) in [5, 5.41) is 2.69. The van der Waals surface area contributed by atoms with Gasteiger partial charge in [-0.2, -0.15) is 11.8 Å². The average molecular weight is 248 g/mol. The van der Waals surface area contributed by atoms with Crippen molar-refractivity contribution in [3.63, 3.8) is 0 Å². The summed E-state index contributed by atoms with van der Waals surface area (Å²) in [5.41, 5.74) is 5.59. The van der Waals surface area contributed by atoms with E-state index in [4.69, 9.17) is 10.5 Å². The second-order valence-corrected chi connectivity index (χ2v) is 4.26. The van der Waals surface area contributed by atoms with Crippen molar-refractivity contribution in [2.45, 2.75) is 26.3 Å². The second kappa shape index (κ2) is 9.47. The summed E-state index contributed by atoms with van der Waals surface area (Å²) in [5.74, 6) is 0.721. The number of ether oxygens (including phenoxy) is 1. The summed E-state index contributed by atoms with van der Waals surface area (Å²) in [7, 11) is 0. The minimum atomic E-state index is -0.582. The maximum absolute atomic E-state index is 11.1. The topological polar surface area (TPSA) is 81.4 Å². The van der Waals surface area contributed by atoms with Crippen molar-refractivity contribution in [2.24, 2.45) is 5.73 Å². The first-order valence-electron chi connectivity index (χ1n) is 5.38. The van der Waals surface area contributed by atoms with Crippen LogP contribution in [-0.2, 0) is 14.3 Å². The van der Waals surface area contributed by atoms with Crippen molar-refractivity contribution in [1.82, 2.24) is 5.32 Å². The zero-order chi connectivity index (χ0) is 12.4. The Labute approximate surface area is 100 Å². The van der Waals surface area contributed by atoms with E-state index in [-0.39, 0.29) is 11.9 Å². The predicted molar refractivity (Wildman–Crippen MR) is 65.2 cm³/mol. The molecule has 0 saturated carbocycles. The summed E-state index contributed by atoms with van der Waals surface area (Å²) < 4.78 is 4.77. The van der Waals surface area contributed by atoms with Crippen LogP contribution in [0.3, 0.4) is 0 Å². The monoisotopic (exact) mass is 248 g/mol. The van der Waals surface area contributed by atoms with Gasteiger partial charge in [0.1, 0.15) is 6.04 Å². The number of nitrogens with two attached hydrogens (primary N) is 1. The van der Waals surface area contributed by atoms with Gasteiger partial charge in [-0.3, -0.25) is 9.59 Å². The van der Waals surface area contributed by atoms with Gasteiger partial charge in [-0.25, -0.2) is 0 Å². The van der Waals surface area contributed by atoms with Crippen LogP contribution in [0.2, 0.25) is 0 Å². The van der Waals surface area contributed by atoms with Crippen molar-refractivity contribution in [3.05, 3.63) is 0 Å². The van der Waals surface area contributed by atoms with Gasteiger partial charge >= 0.3 is 5.97 Å². The first-order valence-corrected chi connectivity index (χ1v) is 6.53. The smallest absolute Gasteiger partial charge is 0.322 e. The van der Waals surface area contributed by atoms with Gasteiger partial charge < -0.3 is 15.8 Å². The lowest BCUT2D eigenvalue weighted by Gasteiger charge is -2.09. The van der Waals surface area contributed by atoms with Crippen molar-refractivity contribution >= 4 is 23.6 Å². The summed E-state index contributed by atoms with van der Waals surface area (Å²) in [6, 6.07) is -0.582. The third-order valence-corrected chi connectivity index (χ3v) is 2.76. The number of hydrogen-bond donors (Lipinski definition) is 2. The molecule has 3 N–H and O–H groups in total. The Morgan fingerprint density at radius 1 is 1.44 bits per heavy atom. The van der Waals surface area contributed by atoms with Crippen molar-refractivity contribution in [2.75, 3.05) is 24.7 Å².